The summed E-state index contributed by atoms with van der Waals surface area (Å²) in [5, 5.41) is 0. The molecule has 3 aromatic rings. The Morgan fingerprint density at radius 2 is 1.49 bits per heavy atom. The Morgan fingerprint density at radius 1 is 0.829 bits per heavy atom. The van der Waals surface area contributed by atoms with Gasteiger partial charge in [0.2, 0.25) is 5.91 Å². The van der Waals surface area contributed by atoms with Gasteiger partial charge in [0.1, 0.15) is 5.92 Å². The van der Waals surface area contributed by atoms with Crippen LogP contribution in [0.15, 0.2) is 84.9 Å². The number of carbonyl (C=O) groups excluding carboxylic acids is 2. The summed E-state index contributed by atoms with van der Waals surface area (Å²) in [6, 6.07) is 27.9. The minimum Gasteiger partial charge on any atom is -0.368 e. The van der Waals surface area contributed by atoms with Crippen molar-refractivity contribution in [2.45, 2.75) is 18.1 Å². The monoisotopic (exact) mass is 467 g/mol. The molecule has 0 N–H and O–H groups in total. The Balaban J connectivity index is 1.35. The van der Waals surface area contributed by atoms with Crippen LogP contribution in [0.25, 0.3) is 0 Å². The second-order valence-electron chi connectivity index (χ2n) is 9.48. The SMILES string of the molecule is O=C([C@@H]1c2ccccc2C(=O)N2CCO[C@@]12Cc1ccccc1)N1CCN(c2ccccc2)CC1. The quantitative estimate of drug-likeness (QED) is 0.589. The fourth-order valence-corrected chi connectivity index (χ4v) is 5.89. The molecule has 2 saturated heterocycles. The molecule has 3 aromatic carbocycles. The number of carbonyl (C=O) groups is 2. The van der Waals surface area contributed by atoms with E-state index in [4.69, 9.17) is 4.74 Å². The Hall–Kier alpha value is -3.64. The maximum Gasteiger partial charge on any atom is 0.256 e. The van der Waals surface area contributed by atoms with E-state index < -0.39 is 11.6 Å². The lowest BCUT2D eigenvalue weighted by molar-refractivity contribution is -0.150. The standard InChI is InChI=1S/C29H29N3O3/c33-27-25-14-8-7-13-24(25)26(29(32(27)19-20-35-29)21-22-9-3-1-4-10-22)28(34)31-17-15-30(16-18-31)23-11-5-2-6-12-23/h1-14,26H,15-21H2/t26-,29-/m0/s1. The first kappa shape index (κ1) is 21.9. The Labute approximate surface area is 205 Å². The first-order chi connectivity index (χ1) is 17.2. The van der Waals surface area contributed by atoms with Crippen LogP contribution in [0.2, 0.25) is 0 Å². The summed E-state index contributed by atoms with van der Waals surface area (Å²) < 4.78 is 6.44. The Bertz CT molecular complexity index is 1220. The van der Waals surface area contributed by atoms with Crippen molar-refractivity contribution in [3.63, 3.8) is 0 Å². The fourth-order valence-electron chi connectivity index (χ4n) is 5.89. The van der Waals surface area contributed by atoms with E-state index in [0.717, 1.165) is 24.2 Å². The zero-order valence-electron chi connectivity index (χ0n) is 19.7. The van der Waals surface area contributed by atoms with Gasteiger partial charge in [0.15, 0.2) is 5.72 Å². The highest BCUT2D eigenvalue weighted by Crippen LogP contribution is 2.47. The predicted octanol–water partition coefficient (Wildman–Crippen LogP) is 3.54. The molecule has 35 heavy (non-hydrogen) atoms. The third kappa shape index (κ3) is 3.69. The number of nitrogens with zero attached hydrogens (tertiary/aromatic N) is 3. The molecule has 0 saturated carbocycles. The fraction of sp³-hybridized carbons (Fsp3) is 0.310. The highest BCUT2D eigenvalue weighted by Gasteiger charge is 2.59. The molecule has 3 heterocycles. The summed E-state index contributed by atoms with van der Waals surface area (Å²) >= 11 is 0. The van der Waals surface area contributed by atoms with Gasteiger partial charge in [-0.15, -0.1) is 0 Å². The number of hydrogen-bond donors (Lipinski definition) is 0. The van der Waals surface area contributed by atoms with Gasteiger partial charge in [0.25, 0.3) is 5.91 Å². The van der Waals surface area contributed by atoms with Gasteiger partial charge in [-0.3, -0.25) is 9.59 Å². The van der Waals surface area contributed by atoms with Crippen LogP contribution >= 0.6 is 0 Å². The van der Waals surface area contributed by atoms with Gasteiger partial charge in [-0.1, -0.05) is 66.7 Å². The van der Waals surface area contributed by atoms with Gasteiger partial charge in [0.05, 0.1) is 6.61 Å². The van der Waals surface area contributed by atoms with E-state index >= 15 is 0 Å². The molecule has 0 aromatic heterocycles. The molecule has 0 aliphatic carbocycles. The number of rotatable bonds is 4. The van der Waals surface area contributed by atoms with Crippen LogP contribution in [-0.2, 0) is 16.0 Å². The van der Waals surface area contributed by atoms with Crippen LogP contribution in [0.5, 0.6) is 0 Å². The summed E-state index contributed by atoms with van der Waals surface area (Å²) in [6.07, 6.45) is 0.480. The summed E-state index contributed by atoms with van der Waals surface area (Å²) in [5.41, 5.74) is 2.61. The second kappa shape index (κ2) is 8.86. The molecule has 0 bridgehead atoms. The zero-order chi connectivity index (χ0) is 23.8. The summed E-state index contributed by atoms with van der Waals surface area (Å²) in [7, 11) is 0. The summed E-state index contributed by atoms with van der Waals surface area (Å²) in [5.74, 6) is -0.574. The van der Waals surface area contributed by atoms with Crippen molar-refractivity contribution >= 4 is 17.5 Å². The molecular formula is C29H29N3O3. The zero-order valence-corrected chi connectivity index (χ0v) is 19.7. The number of hydrogen-bond acceptors (Lipinski definition) is 4. The minimum atomic E-state index is -1.01. The second-order valence-corrected chi connectivity index (χ2v) is 9.48. The Kier molecular flexibility index (Phi) is 5.53. The largest absolute Gasteiger partial charge is 0.368 e. The van der Waals surface area contributed by atoms with E-state index in [0.29, 0.717) is 38.2 Å². The molecule has 6 rings (SSSR count). The van der Waals surface area contributed by atoms with E-state index in [1.165, 1.54) is 5.69 Å². The van der Waals surface area contributed by atoms with E-state index in [2.05, 4.69) is 17.0 Å². The number of benzene rings is 3. The topological polar surface area (TPSA) is 53.1 Å². The molecule has 178 valence electrons. The number of anilines is 1. The van der Waals surface area contributed by atoms with Crippen LogP contribution in [0, 0.1) is 0 Å². The number of para-hydroxylation sites is 1. The van der Waals surface area contributed by atoms with E-state index in [1.807, 2.05) is 82.6 Å². The van der Waals surface area contributed by atoms with Gasteiger partial charge in [0, 0.05) is 50.4 Å². The van der Waals surface area contributed by atoms with Crippen molar-refractivity contribution in [3.8, 4) is 0 Å². The molecule has 6 nitrogen and oxygen atoms in total. The van der Waals surface area contributed by atoms with Crippen LogP contribution in [-0.4, -0.2) is 66.7 Å². The highest BCUT2D eigenvalue weighted by molar-refractivity contribution is 6.02. The van der Waals surface area contributed by atoms with E-state index in [-0.39, 0.29) is 11.8 Å². The van der Waals surface area contributed by atoms with Crippen molar-refractivity contribution in [1.82, 2.24) is 9.80 Å². The predicted molar refractivity (Wildman–Crippen MR) is 134 cm³/mol. The first-order valence-electron chi connectivity index (χ1n) is 12.3. The molecular weight excluding hydrogens is 438 g/mol. The molecule has 2 fully saturated rings. The average Bonchev–Trinajstić information content (AvgIpc) is 3.34. The number of ether oxygens (including phenoxy) is 1. The molecule has 0 spiro atoms. The molecule has 2 amide bonds. The first-order valence-corrected chi connectivity index (χ1v) is 12.3. The van der Waals surface area contributed by atoms with Crippen LogP contribution in [0.4, 0.5) is 5.69 Å². The number of fused-ring (bicyclic) bond motifs is 2. The molecule has 3 aliphatic heterocycles. The third-order valence-electron chi connectivity index (χ3n) is 7.58. The lowest BCUT2D eigenvalue weighted by Gasteiger charge is -2.48. The van der Waals surface area contributed by atoms with Crippen molar-refractivity contribution < 1.29 is 14.3 Å². The maximum absolute atomic E-state index is 14.3. The summed E-state index contributed by atoms with van der Waals surface area (Å²) in [6.45, 7) is 3.76. The number of amides is 2. The van der Waals surface area contributed by atoms with Crippen molar-refractivity contribution in [1.29, 1.82) is 0 Å². The molecule has 2 atom stereocenters. The molecule has 3 aliphatic rings. The lowest BCUT2D eigenvalue weighted by Crippen LogP contribution is -2.62. The summed E-state index contributed by atoms with van der Waals surface area (Å²) in [4.78, 5) is 33.9. The minimum absolute atomic E-state index is 0.0421. The van der Waals surface area contributed by atoms with Gasteiger partial charge < -0.3 is 19.4 Å². The smallest absolute Gasteiger partial charge is 0.256 e. The van der Waals surface area contributed by atoms with E-state index in [1.54, 1.807) is 0 Å². The van der Waals surface area contributed by atoms with Gasteiger partial charge in [-0.05, 0) is 29.3 Å². The van der Waals surface area contributed by atoms with Crippen molar-refractivity contribution in [2.24, 2.45) is 0 Å². The van der Waals surface area contributed by atoms with Crippen LogP contribution in [0.3, 0.4) is 0 Å². The maximum atomic E-state index is 14.3. The van der Waals surface area contributed by atoms with E-state index in [9.17, 15) is 9.59 Å². The molecule has 0 unspecified atom stereocenters. The normalized spacial score (nSPS) is 23.7. The van der Waals surface area contributed by atoms with Crippen molar-refractivity contribution in [3.05, 3.63) is 102 Å². The van der Waals surface area contributed by atoms with Crippen molar-refractivity contribution in [2.75, 3.05) is 44.2 Å². The molecule has 6 heteroatoms. The number of piperazine rings is 1. The lowest BCUT2D eigenvalue weighted by atomic mass is 9.76. The van der Waals surface area contributed by atoms with Crippen LogP contribution < -0.4 is 4.90 Å². The average molecular weight is 468 g/mol. The third-order valence-corrected chi connectivity index (χ3v) is 7.58. The van der Waals surface area contributed by atoms with Gasteiger partial charge in [-0.25, -0.2) is 0 Å². The Morgan fingerprint density at radius 3 is 2.23 bits per heavy atom. The molecule has 0 radical (unpaired) electrons. The van der Waals surface area contributed by atoms with Crippen LogP contribution in [0.1, 0.15) is 27.4 Å². The highest BCUT2D eigenvalue weighted by atomic mass is 16.5. The van der Waals surface area contributed by atoms with Gasteiger partial charge in [-0.2, -0.15) is 0 Å². The van der Waals surface area contributed by atoms with Gasteiger partial charge >= 0.3 is 0 Å².